The lowest BCUT2D eigenvalue weighted by Gasteiger charge is -1.99. The lowest BCUT2D eigenvalue weighted by atomic mass is 10.2. The summed E-state index contributed by atoms with van der Waals surface area (Å²) in [4.78, 5) is 11.2. The first-order valence-corrected chi connectivity index (χ1v) is 6.12. The standard InChI is InChI=1S/C13H15BrO2/c1-2-3-10-16-13(15)9-6-11-4-7-12(14)8-5-11/h4-9H,2-3,10H2,1H3/b9-6-. The minimum Gasteiger partial charge on any atom is -0.463 e. The fourth-order valence-electron chi connectivity index (χ4n) is 1.10. The highest BCUT2D eigenvalue weighted by Crippen LogP contribution is 2.11. The molecule has 0 N–H and O–H groups in total. The summed E-state index contributed by atoms with van der Waals surface area (Å²) >= 11 is 3.35. The van der Waals surface area contributed by atoms with Crippen molar-refractivity contribution in [2.45, 2.75) is 19.8 Å². The Morgan fingerprint density at radius 2 is 2.06 bits per heavy atom. The van der Waals surface area contributed by atoms with E-state index in [0.717, 1.165) is 22.9 Å². The van der Waals surface area contributed by atoms with Gasteiger partial charge in [0.05, 0.1) is 6.61 Å². The van der Waals surface area contributed by atoms with E-state index in [1.807, 2.05) is 24.3 Å². The third kappa shape index (κ3) is 5.12. The topological polar surface area (TPSA) is 26.3 Å². The van der Waals surface area contributed by atoms with Gasteiger partial charge in [-0.15, -0.1) is 0 Å². The quantitative estimate of drug-likeness (QED) is 0.466. The fourth-order valence-corrected chi connectivity index (χ4v) is 1.37. The van der Waals surface area contributed by atoms with E-state index in [1.54, 1.807) is 6.08 Å². The van der Waals surface area contributed by atoms with Gasteiger partial charge in [0, 0.05) is 10.5 Å². The van der Waals surface area contributed by atoms with Crippen LogP contribution in [0.25, 0.3) is 6.08 Å². The second-order valence-corrected chi connectivity index (χ2v) is 4.32. The van der Waals surface area contributed by atoms with Crippen LogP contribution in [0.3, 0.4) is 0 Å². The zero-order chi connectivity index (χ0) is 11.8. The second kappa shape index (κ2) is 7.23. The molecule has 0 unspecified atom stereocenters. The van der Waals surface area contributed by atoms with Crippen LogP contribution in [0.15, 0.2) is 34.8 Å². The maximum atomic E-state index is 11.2. The van der Waals surface area contributed by atoms with E-state index in [4.69, 9.17) is 4.74 Å². The lowest BCUT2D eigenvalue weighted by Crippen LogP contribution is -2.01. The Kier molecular flexibility index (Phi) is 5.86. The zero-order valence-electron chi connectivity index (χ0n) is 9.28. The molecule has 1 aromatic carbocycles. The van der Waals surface area contributed by atoms with Gasteiger partial charge in [-0.05, 0) is 30.2 Å². The molecule has 3 heteroatoms. The van der Waals surface area contributed by atoms with Crippen molar-refractivity contribution in [1.29, 1.82) is 0 Å². The molecule has 0 radical (unpaired) electrons. The molecule has 0 aromatic heterocycles. The molecule has 0 bridgehead atoms. The number of ether oxygens (including phenoxy) is 1. The highest BCUT2D eigenvalue weighted by Gasteiger charge is 1.95. The van der Waals surface area contributed by atoms with Crippen LogP contribution in [0.5, 0.6) is 0 Å². The summed E-state index contributed by atoms with van der Waals surface area (Å²) in [6.45, 7) is 2.56. The van der Waals surface area contributed by atoms with Crippen molar-refractivity contribution < 1.29 is 9.53 Å². The summed E-state index contributed by atoms with van der Waals surface area (Å²) in [6.07, 6.45) is 5.15. The Morgan fingerprint density at radius 3 is 2.69 bits per heavy atom. The van der Waals surface area contributed by atoms with Crippen molar-refractivity contribution in [2.75, 3.05) is 6.61 Å². The minimum absolute atomic E-state index is 0.281. The predicted molar refractivity (Wildman–Crippen MR) is 69.0 cm³/mol. The average molecular weight is 283 g/mol. The Labute approximate surface area is 104 Å². The molecule has 0 amide bonds. The first-order chi connectivity index (χ1) is 7.72. The van der Waals surface area contributed by atoms with Crippen LogP contribution in [0.2, 0.25) is 0 Å². The smallest absolute Gasteiger partial charge is 0.330 e. The summed E-state index contributed by atoms with van der Waals surface area (Å²) in [5, 5.41) is 0. The summed E-state index contributed by atoms with van der Waals surface area (Å²) < 4.78 is 6.02. The molecule has 0 aliphatic rings. The maximum Gasteiger partial charge on any atom is 0.330 e. The van der Waals surface area contributed by atoms with Crippen LogP contribution in [-0.4, -0.2) is 12.6 Å². The first kappa shape index (κ1) is 13.0. The van der Waals surface area contributed by atoms with Gasteiger partial charge in [0.25, 0.3) is 0 Å². The molecular weight excluding hydrogens is 268 g/mol. The van der Waals surface area contributed by atoms with Crippen LogP contribution in [0.1, 0.15) is 25.3 Å². The van der Waals surface area contributed by atoms with Gasteiger partial charge in [0.1, 0.15) is 0 Å². The van der Waals surface area contributed by atoms with E-state index < -0.39 is 0 Å². The Morgan fingerprint density at radius 1 is 1.38 bits per heavy atom. The summed E-state index contributed by atoms with van der Waals surface area (Å²) in [6, 6.07) is 7.73. The molecule has 1 aromatic rings. The van der Waals surface area contributed by atoms with Crippen LogP contribution >= 0.6 is 15.9 Å². The number of unbranched alkanes of at least 4 members (excludes halogenated alkanes) is 1. The third-order valence-corrected chi connectivity index (χ3v) is 2.55. The van der Waals surface area contributed by atoms with Crippen LogP contribution < -0.4 is 0 Å². The van der Waals surface area contributed by atoms with Gasteiger partial charge in [0.2, 0.25) is 0 Å². The Hall–Kier alpha value is -1.09. The highest BCUT2D eigenvalue weighted by atomic mass is 79.9. The van der Waals surface area contributed by atoms with Crippen molar-refractivity contribution in [3.05, 3.63) is 40.4 Å². The SMILES string of the molecule is CCCCOC(=O)/C=C\c1ccc(Br)cc1. The minimum atomic E-state index is -0.281. The molecule has 0 saturated carbocycles. The van der Waals surface area contributed by atoms with Gasteiger partial charge in [-0.2, -0.15) is 0 Å². The molecule has 0 saturated heterocycles. The maximum absolute atomic E-state index is 11.2. The monoisotopic (exact) mass is 282 g/mol. The first-order valence-electron chi connectivity index (χ1n) is 5.33. The van der Waals surface area contributed by atoms with Crippen molar-refractivity contribution in [1.82, 2.24) is 0 Å². The molecule has 0 aliphatic heterocycles. The molecule has 0 atom stereocenters. The van der Waals surface area contributed by atoms with E-state index in [9.17, 15) is 4.79 Å². The summed E-state index contributed by atoms with van der Waals surface area (Å²) in [5.41, 5.74) is 0.982. The number of carbonyl (C=O) groups excluding carboxylic acids is 1. The Balaban J connectivity index is 2.41. The fraction of sp³-hybridized carbons (Fsp3) is 0.308. The number of hydrogen-bond donors (Lipinski definition) is 0. The predicted octanol–water partition coefficient (Wildman–Crippen LogP) is 3.81. The van der Waals surface area contributed by atoms with E-state index in [-0.39, 0.29) is 5.97 Å². The van der Waals surface area contributed by atoms with Gasteiger partial charge in [-0.1, -0.05) is 41.4 Å². The van der Waals surface area contributed by atoms with Crippen molar-refractivity contribution in [3.8, 4) is 0 Å². The number of halogens is 1. The molecule has 0 heterocycles. The summed E-state index contributed by atoms with van der Waals surface area (Å²) in [5.74, 6) is -0.281. The molecule has 0 aliphatic carbocycles. The average Bonchev–Trinajstić information content (AvgIpc) is 2.29. The number of carbonyl (C=O) groups is 1. The molecule has 86 valence electrons. The van der Waals surface area contributed by atoms with Crippen molar-refractivity contribution in [3.63, 3.8) is 0 Å². The molecule has 0 fully saturated rings. The molecule has 16 heavy (non-hydrogen) atoms. The van der Waals surface area contributed by atoms with Crippen molar-refractivity contribution in [2.24, 2.45) is 0 Å². The zero-order valence-corrected chi connectivity index (χ0v) is 10.9. The number of esters is 1. The molecule has 0 spiro atoms. The molecule has 1 rings (SSSR count). The Bertz CT molecular complexity index is 355. The normalized spacial score (nSPS) is 10.6. The van der Waals surface area contributed by atoms with E-state index >= 15 is 0 Å². The van der Waals surface area contributed by atoms with Crippen LogP contribution in [-0.2, 0) is 9.53 Å². The van der Waals surface area contributed by atoms with Gasteiger partial charge in [-0.3, -0.25) is 0 Å². The van der Waals surface area contributed by atoms with Crippen molar-refractivity contribution >= 4 is 28.0 Å². The number of hydrogen-bond acceptors (Lipinski definition) is 2. The van der Waals surface area contributed by atoms with E-state index in [0.29, 0.717) is 6.61 Å². The number of rotatable bonds is 5. The third-order valence-electron chi connectivity index (χ3n) is 2.02. The van der Waals surface area contributed by atoms with Gasteiger partial charge in [0.15, 0.2) is 0 Å². The lowest BCUT2D eigenvalue weighted by molar-refractivity contribution is -0.137. The van der Waals surface area contributed by atoms with Gasteiger partial charge < -0.3 is 4.74 Å². The largest absolute Gasteiger partial charge is 0.463 e. The van der Waals surface area contributed by atoms with Gasteiger partial charge >= 0.3 is 5.97 Å². The second-order valence-electron chi connectivity index (χ2n) is 3.41. The molecular formula is C13H15BrO2. The summed E-state index contributed by atoms with van der Waals surface area (Å²) in [7, 11) is 0. The van der Waals surface area contributed by atoms with E-state index in [1.165, 1.54) is 6.08 Å². The highest BCUT2D eigenvalue weighted by molar-refractivity contribution is 9.10. The molecule has 2 nitrogen and oxygen atoms in total. The van der Waals surface area contributed by atoms with Crippen LogP contribution in [0.4, 0.5) is 0 Å². The van der Waals surface area contributed by atoms with E-state index in [2.05, 4.69) is 22.9 Å². The van der Waals surface area contributed by atoms with Gasteiger partial charge in [-0.25, -0.2) is 4.79 Å². The number of benzene rings is 1. The van der Waals surface area contributed by atoms with Crippen LogP contribution in [0, 0.1) is 0 Å².